The highest BCUT2D eigenvalue weighted by Gasteiger charge is 2.36. The number of carboxylic acids is 1. The molecule has 0 saturated heterocycles. The zero-order chi connectivity index (χ0) is 25.8. The van der Waals surface area contributed by atoms with Crippen LogP contribution in [0, 0.1) is 0 Å². The van der Waals surface area contributed by atoms with E-state index in [2.05, 4.69) is 0 Å². The largest absolute Gasteiger partial charge is 0.497 e. The number of hydrogen-bond acceptors (Lipinski definition) is 5. The van der Waals surface area contributed by atoms with Crippen LogP contribution in [0.2, 0.25) is 0 Å². The van der Waals surface area contributed by atoms with E-state index in [1.807, 2.05) is 95.8 Å². The molecule has 1 aromatic heterocycles. The molecule has 0 saturated carbocycles. The van der Waals surface area contributed by atoms with Crippen LogP contribution in [0.5, 0.6) is 5.75 Å². The Hall–Kier alpha value is -4.72. The van der Waals surface area contributed by atoms with E-state index < -0.39 is 12.0 Å². The number of methoxy groups -OCH3 is 1. The van der Waals surface area contributed by atoms with E-state index in [4.69, 9.17) is 20.0 Å². The Balaban J connectivity index is 1.58. The number of aromatic nitrogens is 2. The predicted molar refractivity (Wildman–Crippen MR) is 140 cm³/mol. The summed E-state index contributed by atoms with van der Waals surface area (Å²) in [6.07, 6.45) is 2.00. The minimum Gasteiger partial charge on any atom is -0.497 e. The summed E-state index contributed by atoms with van der Waals surface area (Å²) >= 11 is 0. The van der Waals surface area contributed by atoms with Gasteiger partial charge in [0.25, 0.3) is 0 Å². The predicted octanol–water partition coefficient (Wildman–Crippen LogP) is 5.09. The molecule has 8 nitrogen and oxygen atoms in total. The van der Waals surface area contributed by atoms with Crippen LogP contribution < -0.4 is 4.74 Å². The summed E-state index contributed by atoms with van der Waals surface area (Å²) in [5.41, 5.74) is 5.01. The lowest BCUT2D eigenvalue weighted by atomic mass is 9.96. The zero-order valence-electron chi connectivity index (χ0n) is 20.3. The molecule has 1 unspecified atom stereocenters. The first-order valence-electron chi connectivity index (χ1n) is 12.0. The Bertz CT molecular complexity index is 1430. The summed E-state index contributed by atoms with van der Waals surface area (Å²) in [6.45, 7) is 0. The van der Waals surface area contributed by atoms with E-state index in [-0.39, 0.29) is 18.7 Å². The maximum absolute atomic E-state index is 13.2. The average Bonchev–Trinajstić information content (AvgIpc) is 3.58. The molecule has 1 atom stereocenters. The van der Waals surface area contributed by atoms with Crippen LogP contribution in [0.25, 0.3) is 16.9 Å². The molecule has 3 aromatic carbocycles. The van der Waals surface area contributed by atoms with Gasteiger partial charge >= 0.3 is 5.97 Å². The van der Waals surface area contributed by atoms with E-state index >= 15 is 0 Å². The number of amides is 1. The second kappa shape index (κ2) is 10.5. The first-order valence-corrected chi connectivity index (χ1v) is 12.0. The molecule has 0 radical (unpaired) electrons. The topological polar surface area (TPSA) is 97.0 Å². The van der Waals surface area contributed by atoms with Crippen molar-refractivity contribution >= 4 is 17.6 Å². The van der Waals surface area contributed by atoms with Crippen LogP contribution in [0.15, 0.2) is 96.2 Å². The number of ether oxygens (including phenoxy) is 1. The molecule has 1 N–H and O–H groups in total. The Morgan fingerprint density at radius 3 is 2.24 bits per heavy atom. The first kappa shape index (κ1) is 24.0. The van der Waals surface area contributed by atoms with Gasteiger partial charge in [-0.15, -0.1) is 0 Å². The number of benzene rings is 3. The normalized spacial score (nSPS) is 14.9. The van der Waals surface area contributed by atoms with Crippen LogP contribution in [-0.4, -0.2) is 44.6 Å². The lowest BCUT2D eigenvalue weighted by Gasteiger charge is -2.21. The SMILES string of the molecule is COc1ccc(C2=NN(C(=O)CCC(=O)O)C(c3cn(-c4ccccc4)nc3-c3ccccc3)C2)cc1. The van der Waals surface area contributed by atoms with Crippen LogP contribution in [0.4, 0.5) is 0 Å². The summed E-state index contributed by atoms with van der Waals surface area (Å²) in [5.74, 6) is -0.642. The molecule has 0 aliphatic carbocycles. The van der Waals surface area contributed by atoms with Gasteiger partial charge in [0.15, 0.2) is 0 Å². The van der Waals surface area contributed by atoms with Crippen molar-refractivity contribution in [3.05, 3.63) is 102 Å². The number of aliphatic carboxylic acids is 1. The fraction of sp³-hybridized carbons (Fsp3) is 0.172. The quantitative estimate of drug-likeness (QED) is 0.368. The molecule has 0 fully saturated rings. The molecule has 186 valence electrons. The summed E-state index contributed by atoms with van der Waals surface area (Å²) in [4.78, 5) is 24.4. The molecule has 1 aliphatic rings. The van der Waals surface area contributed by atoms with Gasteiger partial charge in [0, 0.05) is 30.2 Å². The fourth-order valence-electron chi connectivity index (χ4n) is 4.43. The van der Waals surface area contributed by atoms with E-state index in [1.165, 1.54) is 5.01 Å². The van der Waals surface area contributed by atoms with Crippen molar-refractivity contribution in [1.29, 1.82) is 0 Å². The van der Waals surface area contributed by atoms with E-state index in [0.717, 1.165) is 39.5 Å². The highest BCUT2D eigenvalue weighted by molar-refractivity contribution is 6.03. The number of rotatable bonds is 8. The van der Waals surface area contributed by atoms with Crippen molar-refractivity contribution in [1.82, 2.24) is 14.8 Å². The molecular weight excluding hydrogens is 468 g/mol. The summed E-state index contributed by atoms with van der Waals surface area (Å²) < 4.78 is 7.08. The highest BCUT2D eigenvalue weighted by Crippen LogP contribution is 2.38. The smallest absolute Gasteiger partial charge is 0.303 e. The summed E-state index contributed by atoms with van der Waals surface area (Å²) in [6, 6.07) is 26.7. The van der Waals surface area contributed by atoms with Crippen molar-refractivity contribution in [2.24, 2.45) is 5.10 Å². The van der Waals surface area contributed by atoms with Gasteiger partial charge in [-0.3, -0.25) is 9.59 Å². The third kappa shape index (κ3) is 5.13. The highest BCUT2D eigenvalue weighted by atomic mass is 16.5. The van der Waals surface area contributed by atoms with Gasteiger partial charge < -0.3 is 9.84 Å². The molecule has 37 heavy (non-hydrogen) atoms. The minimum absolute atomic E-state index is 0.140. The number of hydrogen-bond donors (Lipinski definition) is 1. The average molecular weight is 495 g/mol. The molecule has 2 heterocycles. The van der Waals surface area contributed by atoms with Crippen molar-refractivity contribution in [2.75, 3.05) is 7.11 Å². The number of nitrogens with zero attached hydrogens (tertiary/aromatic N) is 4. The Morgan fingerprint density at radius 2 is 1.59 bits per heavy atom. The number of carbonyl (C=O) groups excluding carboxylic acids is 1. The first-order chi connectivity index (χ1) is 18.0. The summed E-state index contributed by atoms with van der Waals surface area (Å²) in [5, 5.41) is 20.2. The lowest BCUT2D eigenvalue weighted by Crippen LogP contribution is -2.27. The molecule has 5 rings (SSSR count). The Labute approximate surface area is 214 Å². The molecular formula is C29H26N4O4. The molecule has 1 aliphatic heterocycles. The molecule has 4 aromatic rings. The van der Waals surface area contributed by atoms with E-state index in [9.17, 15) is 9.59 Å². The minimum atomic E-state index is -1.02. The zero-order valence-corrected chi connectivity index (χ0v) is 20.3. The third-order valence-electron chi connectivity index (χ3n) is 6.31. The number of hydrazone groups is 1. The van der Waals surface area contributed by atoms with E-state index in [1.54, 1.807) is 7.11 Å². The second-order valence-electron chi connectivity index (χ2n) is 8.71. The van der Waals surface area contributed by atoms with Crippen molar-refractivity contribution in [3.8, 4) is 22.7 Å². The third-order valence-corrected chi connectivity index (χ3v) is 6.31. The number of carboxylic acid groups (broad SMARTS) is 1. The van der Waals surface area contributed by atoms with Crippen LogP contribution >= 0.6 is 0 Å². The fourth-order valence-corrected chi connectivity index (χ4v) is 4.43. The molecule has 1 amide bonds. The van der Waals surface area contributed by atoms with Crippen molar-refractivity contribution in [3.63, 3.8) is 0 Å². The summed E-state index contributed by atoms with van der Waals surface area (Å²) in [7, 11) is 1.61. The Morgan fingerprint density at radius 1 is 0.919 bits per heavy atom. The van der Waals surface area contributed by atoms with Crippen molar-refractivity contribution < 1.29 is 19.4 Å². The van der Waals surface area contributed by atoms with Gasteiger partial charge in [0.1, 0.15) is 5.75 Å². The maximum atomic E-state index is 13.2. The standard InChI is InChI=1S/C29H26N4O4/c1-37-23-14-12-20(13-15-23)25-18-26(33(30-25)27(34)16-17-28(35)36)24-19-32(22-10-6-3-7-11-22)31-29(24)21-8-4-2-5-9-21/h2-15,19,26H,16-18H2,1H3,(H,35,36). The second-order valence-corrected chi connectivity index (χ2v) is 8.71. The van der Waals surface area contributed by atoms with Gasteiger partial charge in [-0.25, -0.2) is 9.69 Å². The number of para-hydroxylation sites is 1. The number of carbonyl (C=O) groups is 2. The van der Waals surface area contributed by atoms with Crippen LogP contribution in [-0.2, 0) is 9.59 Å². The monoisotopic (exact) mass is 494 g/mol. The van der Waals surface area contributed by atoms with Gasteiger partial charge in [0.2, 0.25) is 5.91 Å². The van der Waals surface area contributed by atoms with Gasteiger partial charge in [0.05, 0.1) is 36.7 Å². The maximum Gasteiger partial charge on any atom is 0.303 e. The van der Waals surface area contributed by atoms with Crippen molar-refractivity contribution in [2.45, 2.75) is 25.3 Å². The lowest BCUT2D eigenvalue weighted by molar-refractivity contribution is -0.141. The molecule has 0 bridgehead atoms. The van der Waals surface area contributed by atoms with Gasteiger partial charge in [-0.1, -0.05) is 48.5 Å². The molecule has 0 spiro atoms. The van der Waals surface area contributed by atoms with E-state index in [0.29, 0.717) is 6.42 Å². The Kier molecular flexibility index (Phi) is 6.81. The van der Waals surface area contributed by atoms with Crippen LogP contribution in [0.3, 0.4) is 0 Å². The molecule has 8 heteroatoms. The van der Waals surface area contributed by atoms with Gasteiger partial charge in [-0.05, 0) is 42.0 Å². The van der Waals surface area contributed by atoms with Crippen LogP contribution in [0.1, 0.15) is 36.4 Å². The van der Waals surface area contributed by atoms with Gasteiger partial charge in [-0.2, -0.15) is 10.2 Å².